The highest BCUT2D eigenvalue weighted by atomic mass is 79.9. The lowest BCUT2D eigenvalue weighted by Gasteiger charge is -2.14. The van der Waals surface area contributed by atoms with Crippen molar-refractivity contribution in [2.24, 2.45) is 0 Å². The van der Waals surface area contributed by atoms with Crippen LogP contribution in [0.3, 0.4) is 0 Å². The monoisotopic (exact) mass is 282 g/mol. The molecule has 1 aliphatic heterocycles. The lowest BCUT2D eigenvalue weighted by atomic mass is 9.92. The van der Waals surface area contributed by atoms with Gasteiger partial charge in [-0.3, -0.25) is 0 Å². The lowest BCUT2D eigenvalue weighted by molar-refractivity contribution is 0.353. The first-order chi connectivity index (χ1) is 7.63. The average molecular weight is 283 g/mol. The van der Waals surface area contributed by atoms with Crippen LogP contribution in [0.1, 0.15) is 43.7 Å². The van der Waals surface area contributed by atoms with Crippen molar-refractivity contribution in [3.05, 3.63) is 33.8 Å². The molecule has 1 aromatic carbocycles. The van der Waals surface area contributed by atoms with Crippen molar-refractivity contribution in [2.75, 3.05) is 0 Å². The minimum absolute atomic E-state index is 0.499. The summed E-state index contributed by atoms with van der Waals surface area (Å²) in [6.07, 6.45) is 3.32. The lowest BCUT2D eigenvalue weighted by Crippen LogP contribution is -2.03. The number of rotatable bonds is 4. The number of ether oxygens (including phenoxy) is 1. The van der Waals surface area contributed by atoms with Gasteiger partial charge in [-0.2, -0.15) is 0 Å². The van der Waals surface area contributed by atoms with Gasteiger partial charge in [0.1, 0.15) is 0 Å². The van der Waals surface area contributed by atoms with Gasteiger partial charge in [-0.05, 0) is 42.9 Å². The first-order valence-electron chi connectivity index (χ1n) is 6.04. The number of halogens is 1. The van der Waals surface area contributed by atoms with E-state index in [4.69, 9.17) is 4.74 Å². The van der Waals surface area contributed by atoms with E-state index in [1.54, 1.807) is 0 Å². The smallest absolute Gasteiger partial charge is 0.0847 e. The highest BCUT2D eigenvalue weighted by Crippen LogP contribution is 2.36. The molecule has 2 rings (SSSR count). The first kappa shape index (κ1) is 12.1. The Kier molecular flexibility index (Phi) is 3.70. The van der Waals surface area contributed by atoms with E-state index in [2.05, 4.69) is 54.9 Å². The largest absolute Gasteiger partial charge is 0.370 e. The molecule has 3 unspecified atom stereocenters. The van der Waals surface area contributed by atoms with Crippen molar-refractivity contribution < 1.29 is 4.74 Å². The zero-order chi connectivity index (χ0) is 11.7. The standard InChI is InChI=1S/C14H19BrO/c1-4-13-14(16-13)8-9(2)11-6-5-7-12(15)10(11)3/h5-7,9,13-14H,4,8H2,1-3H3. The van der Waals surface area contributed by atoms with Crippen molar-refractivity contribution in [2.45, 2.75) is 51.7 Å². The Labute approximate surface area is 106 Å². The SMILES string of the molecule is CCC1OC1CC(C)c1cccc(Br)c1C. The quantitative estimate of drug-likeness (QED) is 0.745. The van der Waals surface area contributed by atoms with E-state index in [0.717, 1.165) is 12.8 Å². The van der Waals surface area contributed by atoms with Crippen molar-refractivity contribution in [3.8, 4) is 0 Å². The predicted octanol–water partition coefficient (Wildman–Crippen LogP) is 4.43. The molecule has 0 aliphatic carbocycles. The van der Waals surface area contributed by atoms with Crippen molar-refractivity contribution in [1.29, 1.82) is 0 Å². The third-order valence-corrected chi connectivity index (χ3v) is 4.38. The Morgan fingerprint density at radius 3 is 2.75 bits per heavy atom. The molecule has 0 saturated carbocycles. The van der Waals surface area contributed by atoms with Crippen LogP contribution in [-0.4, -0.2) is 12.2 Å². The molecule has 0 N–H and O–H groups in total. The third-order valence-electron chi connectivity index (χ3n) is 3.52. The van der Waals surface area contributed by atoms with Gasteiger partial charge in [0.15, 0.2) is 0 Å². The van der Waals surface area contributed by atoms with E-state index in [1.807, 2.05) is 0 Å². The molecule has 1 aliphatic rings. The van der Waals surface area contributed by atoms with Crippen LogP contribution in [0.2, 0.25) is 0 Å². The summed E-state index contributed by atoms with van der Waals surface area (Å²) < 4.78 is 6.83. The number of hydrogen-bond donors (Lipinski definition) is 0. The Morgan fingerprint density at radius 2 is 2.12 bits per heavy atom. The van der Waals surface area contributed by atoms with Gasteiger partial charge >= 0.3 is 0 Å². The average Bonchev–Trinajstić information content (AvgIpc) is 3.00. The molecule has 0 bridgehead atoms. The van der Waals surface area contributed by atoms with Gasteiger partial charge in [0, 0.05) is 4.47 Å². The van der Waals surface area contributed by atoms with Crippen molar-refractivity contribution in [1.82, 2.24) is 0 Å². The second kappa shape index (κ2) is 4.89. The zero-order valence-electron chi connectivity index (χ0n) is 10.2. The molecule has 16 heavy (non-hydrogen) atoms. The number of hydrogen-bond acceptors (Lipinski definition) is 1. The van der Waals surface area contributed by atoms with Crippen LogP contribution >= 0.6 is 15.9 Å². The van der Waals surface area contributed by atoms with E-state index < -0.39 is 0 Å². The minimum atomic E-state index is 0.499. The molecule has 0 radical (unpaired) electrons. The molecule has 3 atom stereocenters. The Bertz CT molecular complexity index is 375. The van der Waals surface area contributed by atoms with E-state index in [1.165, 1.54) is 15.6 Å². The maximum atomic E-state index is 5.62. The maximum absolute atomic E-state index is 5.62. The van der Waals surface area contributed by atoms with E-state index in [-0.39, 0.29) is 0 Å². The van der Waals surface area contributed by atoms with Crippen LogP contribution in [0, 0.1) is 6.92 Å². The number of epoxide rings is 1. The van der Waals surface area contributed by atoms with Crippen LogP contribution in [0.5, 0.6) is 0 Å². The second-order valence-corrected chi connectivity index (χ2v) is 5.57. The van der Waals surface area contributed by atoms with Gasteiger partial charge in [0.05, 0.1) is 12.2 Å². The van der Waals surface area contributed by atoms with E-state index in [9.17, 15) is 0 Å². The zero-order valence-corrected chi connectivity index (χ0v) is 11.8. The van der Waals surface area contributed by atoms with E-state index in [0.29, 0.717) is 18.1 Å². The molecule has 1 heterocycles. The molecule has 1 nitrogen and oxygen atoms in total. The summed E-state index contributed by atoms with van der Waals surface area (Å²) in [6, 6.07) is 6.45. The maximum Gasteiger partial charge on any atom is 0.0847 e. The molecule has 0 aromatic heterocycles. The van der Waals surface area contributed by atoms with E-state index >= 15 is 0 Å². The molecule has 0 amide bonds. The van der Waals surface area contributed by atoms with Crippen molar-refractivity contribution in [3.63, 3.8) is 0 Å². The van der Waals surface area contributed by atoms with Crippen LogP contribution in [0.15, 0.2) is 22.7 Å². The summed E-state index contributed by atoms with van der Waals surface area (Å²) in [5.41, 5.74) is 2.81. The molecule has 88 valence electrons. The molecular weight excluding hydrogens is 264 g/mol. The molecule has 1 fully saturated rings. The highest BCUT2D eigenvalue weighted by molar-refractivity contribution is 9.10. The molecular formula is C14H19BrO. The Hall–Kier alpha value is -0.340. The summed E-state index contributed by atoms with van der Waals surface area (Å²) in [5, 5.41) is 0. The van der Waals surface area contributed by atoms with Crippen LogP contribution in [0.4, 0.5) is 0 Å². The molecule has 1 aromatic rings. The van der Waals surface area contributed by atoms with Crippen LogP contribution in [0.25, 0.3) is 0 Å². The summed E-state index contributed by atoms with van der Waals surface area (Å²) in [7, 11) is 0. The second-order valence-electron chi connectivity index (χ2n) is 4.71. The van der Waals surface area contributed by atoms with Crippen LogP contribution < -0.4 is 0 Å². The molecule has 2 heteroatoms. The minimum Gasteiger partial charge on any atom is -0.370 e. The Morgan fingerprint density at radius 1 is 1.38 bits per heavy atom. The predicted molar refractivity (Wildman–Crippen MR) is 70.9 cm³/mol. The fourth-order valence-electron chi connectivity index (χ4n) is 2.38. The van der Waals surface area contributed by atoms with Gasteiger partial charge in [0.25, 0.3) is 0 Å². The Balaban J connectivity index is 2.04. The summed E-state index contributed by atoms with van der Waals surface area (Å²) in [4.78, 5) is 0. The van der Waals surface area contributed by atoms with Crippen LogP contribution in [-0.2, 0) is 4.74 Å². The fraction of sp³-hybridized carbons (Fsp3) is 0.571. The number of benzene rings is 1. The topological polar surface area (TPSA) is 12.5 Å². The highest BCUT2D eigenvalue weighted by Gasteiger charge is 2.37. The third kappa shape index (κ3) is 2.49. The summed E-state index contributed by atoms with van der Waals surface area (Å²) in [5.74, 6) is 0.582. The van der Waals surface area contributed by atoms with Gasteiger partial charge in [-0.15, -0.1) is 0 Å². The van der Waals surface area contributed by atoms with Crippen molar-refractivity contribution >= 4 is 15.9 Å². The molecule has 1 saturated heterocycles. The van der Waals surface area contributed by atoms with Gasteiger partial charge in [-0.1, -0.05) is 41.9 Å². The van der Waals surface area contributed by atoms with Gasteiger partial charge in [0.2, 0.25) is 0 Å². The summed E-state index contributed by atoms with van der Waals surface area (Å²) in [6.45, 7) is 6.67. The fourth-order valence-corrected chi connectivity index (χ4v) is 2.76. The first-order valence-corrected chi connectivity index (χ1v) is 6.83. The summed E-state index contributed by atoms with van der Waals surface area (Å²) >= 11 is 3.59. The van der Waals surface area contributed by atoms with Gasteiger partial charge in [-0.25, -0.2) is 0 Å². The normalized spacial score (nSPS) is 25.5. The van der Waals surface area contributed by atoms with Gasteiger partial charge < -0.3 is 4.74 Å². The molecule has 0 spiro atoms.